The minimum atomic E-state index is -0.295. The number of hydrogen-bond donors (Lipinski definition) is 3. The molecule has 0 radical (unpaired) electrons. The molecular formula is C24H22N8O. The van der Waals surface area contributed by atoms with Crippen molar-refractivity contribution in [3.8, 4) is 11.1 Å². The SMILES string of the molecule is [C-]#[N+]c1ccc(-c2cnn(C)c2)cc1C(=NC)/C(=C\N)c1ccc2c(=O)[nH]nc(CN)c2c1. The molecule has 5 N–H and O–H groups in total. The van der Waals surface area contributed by atoms with E-state index in [9.17, 15) is 4.79 Å². The lowest BCUT2D eigenvalue weighted by Gasteiger charge is -2.15. The Balaban J connectivity index is 1.88. The third-order valence-corrected chi connectivity index (χ3v) is 5.43. The first-order valence-corrected chi connectivity index (χ1v) is 10.1. The molecule has 0 aliphatic rings. The summed E-state index contributed by atoms with van der Waals surface area (Å²) < 4.78 is 1.72. The van der Waals surface area contributed by atoms with Crippen LogP contribution in [0.5, 0.6) is 0 Å². The van der Waals surface area contributed by atoms with Gasteiger partial charge in [0.15, 0.2) is 5.69 Å². The molecule has 9 heteroatoms. The highest BCUT2D eigenvalue weighted by molar-refractivity contribution is 6.33. The monoisotopic (exact) mass is 438 g/mol. The van der Waals surface area contributed by atoms with Crippen molar-refractivity contribution in [3.05, 3.63) is 93.6 Å². The molecule has 2 aromatic heterocycles. The van der Waals surface area contributed by atoms with Crippen LogP contribution in [-0.2, 0) is 13.6 Å². The minimum Gasteiger partial charge on any atom is -0.404 e. The van der Waals surface area contributed by atoms with Crippen molar-refractivity contribution < 1.29 is 0 Å². The van der Waals surface area contributed by atoms with Gasteiger partial charge in [0, 0.05) is 55.1 Å². The van der Waals surface area contributed by atoms with Gasteiger partial charge in [0.25, 0.3) is 5.56 Å². The number of aromatic nitrogens is 4. The number of aromatic amines is 1. The molecule has 164 valence electrons. The van der Waals surface area contributed by atoms with Crippen molar-refractivity contribution >= 4 is 27.7 Å². The summed E-state index contributed by atoms with van der Waals surface area (Å²) in [5, 5.41) is 11.9. The van der Waals surface area contributed by atoms with Crippen molar-refractivity contribution in [1.29, 1.82) is 0 Å². The largest absolute Gasteiger partial charge is 0.404 e. The van der Waals surface area contributed by atoms with Crippen LogP contribution in [0, 0.1) is 6.57 Å². The number of fused-ring (bicyclic) bond motifs is 1. The van der Waals surface area contributed by atoms with Gasteiger partial charge < -0.3 is 11.5 Å². The zero-order valence-electron chi connectivity index (χ0n) is 18.2. The minimum absolute atomic E-state index is 0.169. The summed E-state index contributed by atoms with van der Waals surface area (Å²) in [6, 6.07) is 10.9. The third kappa shape index (κ3) is 3.91. The van der Waals surface area contributed by atoms with E-state index >= 15 is 0 Å². The van der Waals surface area contributed by atoms with Crippen LogP contribution in [0.15, 0.2) is 64.8 Å². The maximum atomic E-state index is 12.2. The van der Waals surface area contributed by atoms with Gasteiger partial charge in [-0.15, -0.1) is 0 Å². The second-order valence-corrected chi connectivity index (χ2v) is 7.36. The van der Waals surface area contributed by atoms with E-state index < -0.39 is 0 Å². The first kappa shape index (κ1) is 21.7. The maximum Gasteiger partial charge on any atom is 0.272 e. The van der Waals surface area contributed by atoms with Gasteiger partial charge in [-0.25, -0.2) is 9.94 Å². The van der Waals surface area contributed by atoms with Gasteiger partial charge in [-0.05, 0) is 23.3 Å². The molecule has 0 aliphatic carbocycles. The molecule has 0 atom stereocenters. The summed E-state index contributed by atoms with van der Waals surface area (Å²) in [6.07, 6.45) is 5.12. The Labute approximate surface area is 189 Å². The molecule has 0 fully saturated rings. The van der Waals surface area contributed by atoms with Gasteiger partial charge in [-0.2, -0.15) is 10.2 Å². The van der Waals surface area contributed by atoms with E-state index in [1.165, 1.54) is 6.20 Å². The average molecular weight is 438 g/mol. The van der Waals surface area contributed by atoms with Crippen LogP contribution in [-0.4, -0.2) is 32.7 Å². The Hall–Kier alpha value is -4.55. The summed E-state index contributed by atoms with van der Waals surface area (Å²) in [5.74, 6) is 0. The second kappa shape index (κ2) is 8.90. The number of benzene rings is 2. The van der Waals surface area contributed by atoms with Gasteiger partial charge in [0.2, 0.25) is 0 Å². The lowest BCUT2D eigenvalue weighted by atomic mass is 9.92. The zero-order valence-corrected chi connectivity index (χ0v) is 18.2. The Morgan fingerprint density at radius 2 is 2.06 bits per heavy atom. The van der Waals surface area contributed by atoms with E-state index in [4.69, 9.17) is 18.0 Å². The van der Waals surface area contributed by atoms with Crippen molar-refractivity contribution in [1.82, 2.24) is 20.0 Å². The number of aliphatic imine (C=N–C) groups is 1. The predicted molar refractivity (Wildman–Crippen MR) is 130 cm³/mol. The van der Waals surface area contributed by atoms with E-state index in [0.717, 1.165) is 16.7 Å². The van der Waals surface area contributed by atoms with Crippen LogP contribution in [0.4, 0.5) is 5.69 Å². The Morgan fingerprint density at radius 3 is 2.70 bits per heavy atom. The molecule has 0 bridgehead atoms. The number of allylic oxidation sites excluding steroid dienone is 1. The van der Waals surface area contributed by atoms with Crippen LogP contribution < -0.4 is 17.0 Å². The molecule has 0 spiro atoms. The number of nitrogens with two attached hydrogens (primary N) is 2. The highest BCUT2D eigenvalue weighted by Crippen LogP contribution is 2.32. The van der Waals surface area contributed by atoms with Crippen LogP contribution in [0.3, 0.4) is 0 Å². The van der Waals surface area contributed by atoms with E-state index in [1.54, 1.807) is 36.1 Å². The molecule has 0 saturated heterocycles. The number of H-pyrrole nitrogens is 1. The molecule has 4 rings (SSSR count). The van der Waals surface area contributed by atoms with E-state index in [-0.39, 0.29) is 12.1 Å². The summed E-state index contributed by atoms with van der Waals surface area (Å²) >= 11 is 0. The summed E-state index contributed by atoms with van der Waals surface area (Å²) in [4.78, 5) is 20.4. The smallest absolute Gasteiger partial charge is 0.272 e. The number of nitrogens with one attached hydrogen (secondary N) is 1. The van der Waals surface area contributed by atoms with Crippen LogP contribution in [0.1, 0.15) is 16.8 Å². The fraction of sp³-hybridized carbons (Fsp3) is 0.125. The van der Waals surface area contributed by atoms with Gasteiger partial charge in [0.1, 0.15) is 0 Å². The molecule has 0 amide bonds. The topological polar surface area (TPSA) is 132 Å². The summed E-state index contributed by atoms with van der Waals surface area (Å²) in [6.45, 7) is 7.83. The standard InChI is InChI=1S/C24H22N8O/c1-27-21-7-5-14(16-12-29-32(3)13-16)8-19(21)23(28-2)20(10-25)15-4-6-17-18(9-15)22(11-26)30-31-24(17)33/h4-10,12-13H,11,25-26H2,2-3H3,(H,31,33)/b20-10-,28-23?. The van der Waals surface area contributed by atoms with Crippen LogP contribution in [0.2, 0.25) is 0 Å². The maximum absolute atomic E-state index is 12.2. The number of hydrogen-bond acceptors (Lipinski definition) is 6. The average Bonchev–Trinajstić information content (AvgIpc) is 3.28. The lowest BCUT2D eigenvalue weighted by molar-refractivity contribution is 0.768. The number of aryl methyl sites for hydroxylation is 1. The summed E-state index contributed by atoms with van der Waals surface area (Å²) in [5.41, 5.74) is 17.0. The number of rotatable bonds is 5. The van der Waals surface area contributed by atoms with E-state index in [2.05, 4.69) is 25.1 Å². The fourth-order valence-electron chi connectivity index (χ4n) is 3.81. The Morgan fingerprint density at radius 1 is 1.24 bits per heavy atom. The van der Waals surface area contributed by atoms with Gasteiger partial charge in [-0.3, -0.25) is 14.5 Å². The fourth-order valence-corrected chi connectivity index (χ4v) is 3.81. The molecule has 0 aliphatic heterocycles. The van der Waals surface area contributed by atoms with Crippen LogP contribution in [0.25, 0.3) is 32.3 Å². The van der Waals surface area contributed by atoms with Gasteiger partial charge in [0.05, 0.1) is 29.6 Å². The molecule has 4 aromatic rings. The first-order valence-electron chi connectivity index (χ1n) is 10.1. The van der Waals surface area contributed by atoms with E-state index in [0.29, 0.717) is 39.0 Å². The molecular weight excluding hydrogens is 416 g/mol. The highest BCUT2D eigenvalue weighted by atomic mass is 16.1. The van der Waals surface area contributed by atoms with Crippen molar-refractivity contribution in [2.45, 2.75) is 6.54 Å². The lowest BCUT2D eigenvalue weighted by Crippen LogP contribution is -2.14. The molecule has 9 nitrogen and oxygen atoms in total. The van der Waals surface area contributed by atoms with Gasteiger partial charge >= 0.3 is 0 Å². The Kier molecular flexibility index (Phi) is 5.85. The van der Waals surface area contributed by atoms with Gasteiger partial charge in [-0.1, -0.05) is 24.3 Å². The quantitative estimate of drug-likeness (QED) is 0.326. The Bertz CT molecular complexity index is 1520. The molecule has 0 saturated carbocycles. The normalized spacial score (nSPS) is 12.2. The number of nitrogens with zero attached hydrogens (tertiary/aromatic N) is 5. The third-order valence-electron chi connectivity index (χ3n) is 5.43. The molecule has 2 heterocycles. The molecule has 0 unspecified atom stereocenters. The second-order valence-electron chi connectivity index (χ2n) is 7.36. The van der Waals surface area contributed by atoms with Crippen molar-refractivity contribution in [2.24, 2.45) is 23.5 Å². The summed E-state index contributed by atoms with van der Waals surface area (Å²) in [7, 11) is 3.50. The van der Waals surface area contributed by atoms with Crippen LogP contribution >= 0.6 is 0 Å². The van der Waals surface area contributed by atoms with Crippen molar-refractivity contribution in [2.75, 3.05) is 7.05 Å². The van der Waals surface area contributed by atoms with E-state index in [1.807, 2.05) is 31.4 Å². The predicted octanol–water partition coefficient (Wildman–Crippen LogP) is 2.75. The highest BCUT2D eigenvalue weighted by Gasteiger charge is 2.18. The first-order chi connectivity index (χ1) is 16.0. The molecule has 2 aromatic carbocycles. The van der Waals surface area contributed by atoms with Crippen molar-refractivity contribution in [3.63, 3.8) is 0 Å². The molecule has 33 heavy (non-hydrogen) atoms. The zero-order chi connectivity index (χ0) is 23.5.